The molecular weight excluding hydrogens is 132 g/mol. The van der Waals surface area contributed by atoms with Crippen molar-refractivity contribution >= 4 is 0 Å². The van der Waals surface area contributed by atoms with Crippen LogP contribution >= 0.6 is 0 Å². The fourth-order valence-electron chi connectivity index (χ4n) is 3.25. The maximum absolute atomic E-state index is 2.63. The van der Waals surface area contributed by atoms with Crippen molar-refractivity contribution in [1.29, 1.82) is 0 Å². The van der Waals surface area contributed by atoms with E-state index in [4.69, 9.17) is 0 Å². The van der Waals surface area contributed by atoms with Crippen molar-refractivity contribution in [2.75, 3.05) is 0 Å². The first-order valence-corrected chi connectivity index (χ1v) is 5.15. The summed E-state index contributed by atoms with van der Waals surface area (Å²) in [5.41, 5.74) is 1.87. The van der Waals surface area contributed by atoms with Gasteiger partial charge in [0.15, 0.2) is 0 Å². The molecule has 1 saturated carbocycles. The second-order valence-electron chi connectivity index (χ2n) is 4.56. The van der Waals surface area contributed by atoms with Crippen molar-refractivity contribution in [3.63, 3.8) is 0 Å². The lowest BCUT2D eigenvalue weighted by Gasteiger charge is -2.41. The molecule has 2 bridgehead atoms. The molecule has 0 radical (unpaired) electrons. The highest BCUT2D eigenvalue weighted by Crippen LogP contribution is 2.51. The Labute approximate surface area is 68.7 Å². The van der Waals surface area contributed by atoms with Crippen LogP contribution in [0, 0.1) is 17.8 Å². The summed E-state index contributed by atoms with van der Waals surface area (Å²) in [7, 11) is 0. The van der Waals surface area contributed by atoms with Crippen LogP contribution in [-0.2, 0) is 0 Å². The molecule has 0 nitrogen and oxygen atoms in total. The molecule has 3 aliphatic rings. The summed E-state index contributed by atoms with van der Waals surface area (Å²) in [6, 6.07) is 0. The third-order valence-electron chi connectivity index (χ3n) is 3.95. The third-order valence-corrected chi connectivity index (χ3v) is 3.95. The van der Waals surface area contributed by atoms with E-state index in [0.717, 1.165) is 17.8 Å². The highest BCUT2D eigenvalue weighted by atomic mass is 14.4. The average molecular weight is 148 g/mol. The Balaban J connectivity index is 1.94. The zero-order chi connectivity index (χ0) is 7.26. The number of allylic oxidation sites excluding steroid dienone is 2. The van der Waals surface area contributed by atoms with Gasteiger partial charge in [-0.1, -0.05) is 18.1 Å². The fraction of sp³-hybridized carbons (Fsp3) is 0.818. The van der Waals surface area contributed by atoms with Gasteiger partial charge in [-0.05, 0) is 49.9 Å². The molecule has 1 fully saturated rings. The Hall–Kier alpha value is -0.260. The highest BCUT2D eigenvalue weighted by molar-refractivity contribution is 5.24. The Kier molecular flexibility index (Phi) is 1.21. The van der Waals surface area contributed by atoms with Crippen molar-refractivity contribution in [3.8, 4) is 0 Å². The summed E-state index contributed by atoms with van der Waals surface area (Å²) < 4.78 is 0. The number of fused-ring (bicyclic) bond motifs is 1. The molecule has 3 rings (SSSR count). The van der Waals surface area contributed by atoms with Gasteiger partial charge in [-0.3, -0.25) is 0 Å². The van der Waals surface area contributed by atoms with Crippen molar-refractivity contribution < 1.29 is 0 Å². The molecule has 3 unspecified atom stereocenters. The lowest BCUT2D eigenvalue weighted by Crippen LogP contribution is -2.29. The molecule has 0 heterocycles. The summed E-state index contributed by atoms with van der Waals surface area (Å²) in [5, 5.41) is 0. The zero-order valence-corrected chi connectivity index (χ0v) is 7.05. The van der Waals surface area contributed by atoms with Crippen LogP contribution in [0.1, 0.15) is 38.5 Å². The van der Waals surface area contributed by atoms with Gasteiger partial charge in [0.25, 0.3) is 0 Å². The smallest absolute Gasteiger partial charge is 0.0194 e. The normalized spacial score (nSPS) is 47.3. The Bertz CT molecular complexity index is 200. The highest BCUT2D eigenvalue weighted by Gasteiger charge is 2.38. The van der Waals surface area contributed by atoms with Gasteiger partial charge in [-0.25, -0.2) is 0 Å². The second-order valence-corrected chi connectivity index (χ2v) is 4.56. The number of hydrogen-bond donors (Lipinski definition) is 0. The van der Waals surface area contributed by atoms with E-state index >= 15 is 0 Å². The number of hydrogen-bond acceptors (Lipinski definition) is 0. The Morgan fingerprint density at radius 2 is 1.91 bits per heavy atom. The van der Waals surface area contributed by atoms with E-state index in [1.54, 1.807) is 6.42 Å². The van der Waals surface area contributed by atoms with Crippen LogP contribution in [0.25, 0.3) is 0 Å². The topological polar surface area (TPSA) is 0 Å². The van der Waals surface area contributed by atoms with Gasteiger partial charge in [-0.15, -0.1) is 0 Å². The van der Waals surface area contributed by atoms with E-state index in [9.17, 15) is 0 Å². The standard InChI is InChI=1S/C11H16/c1-2-8-4-5-10-7-9(3-1)11(10)6-8/h6,8-10H,1-5,7H2. The van der Waals surface area contributed by atoms with Crippen LogP contribution < -0.4 is 0 Å². The predicted molar refractivity (Wildman–Crippen MR) is 46.3 cm³/mol. The monoisotopic (exact) mass is 148 g/mol. The molecule has 11 heavy (non-hydrogen) atoms. The van der Waals surface area contributed by atoms with Gasteiger partial charge < -0.3 is 0 Å². The van der Waals surface area contributed by atoms with Crippen LogP contribution in [0.2, 0.25) is 0 Å². The van der Waals surface area contributed by atoms with Gasteiger partial charge in [0.2, 0.25) is 0 Å². The van der Waals surface area contributed by atoms with E-state index < -0.39 is 0 Å². The first-order chi connectivity index (χ1) is 5.43. The van der Waals surface area contributed by atoms with Crippen LogP contribution in [0.15, 0.2) is 11.6 Å². The molecule has 0 aromatic carbocycles. The Morgan fingerprint density at radius 1 is 1.00 bits per heavy atom. The van der Waals surface area contributed by atoms with Gasteiger partial charge >= 0.3 is 0 Å². The van der Waals surface area contributed by atoms with Gasteiger partial charge in [-0.2, -0.15) is 0 Å². The fourth-order valence-corrected chi connectivity index (χ4v) is 3.25. The summed E-state index contributed by atoms with van der Waals surface area (Å²) in [6.45, 7) is 0. The first kappa shape index (κ1) is 6.28. The molecule has 0 saturated heterocycles. The molecular formula is C11H16. The molecule has 0 aliphatic heterocycles. The molecule has 0 N–H and O–H groups in total. The van der Waals surface area contributed by atoms with Crippen LogP contribution in [-0.4, -0.2) is 0 Å². The molecule has 3 atom stereocenters. The Morgan fingerprint density at radius 3 is 2.91 bits per heavy atom. The maximum atomic E-state index is 2.63. The average Bonchev–Trinajstić information content (AvgIpc) is 2.09. The first-order valence-electron chi connectivity index (χ1n) is 5.15. The van der Waals surface area contributed by atoms with Gasteiger partial charge in [0, 0.05) is 0 Å². The maximum Gasteiger partial charge on any atom is -0.0194 e. The molecule has 0 amide bonds. The van der Waals surface area contributed by atoms with Gasteiger partial charge in [0.05, 0.1) is 0 Å². The van der Waals surface area contributed by atoms with E-state index in [0.29, 0.717) is 0 Å². The van der Waals surface area contributed by atoms with E-state index in [1.807, 2.05) is 5.57 Å². The molecule has 0 aromatic heterocycles. The summed E-state index contributed by atoms with van der Waals surface area (Å²) >= 11 is 0. The minimum Gasteiger partial charge on any atom is -0.0817 e. The van der Waals surface area contributed by atoms with E-state index in [2.05, 4.69) is 6.08 Å². The largest absolute Gasteiger partial charge is 0.0817 e. The lowest BCUT2D eigenvalue weighted by atomic mass is 9.64. The van der Waals surface area contributed by atoms with E-state index in [-0.39, 0.29) is 0 Å². The molecule has 60 valence electrons. The van der Waals surface area contributed by atoms with Gasteiger partial charge in [0.1, 0.15) is 0 Å². The van der Waals surface area contributed by atoms with Crippen LogP contribution in [0.3, 0.4) is 0 Å². The van der Waals surface area contributed by atoms with Crippen LogP contribution in [0.5, 0.6) is 0 Å². The second kappa shape index (κ2) is 2.12. The molecule has 0 heteroatoms. The lowest BCUT2D eigenvalue weighted by molar-refractivity contribution is 0.270. The molecule has 0 aromatic rings. The number of rotatable bonds is 0. The van der Waals surface area contributed by atoms with Crippen molar-refractivity contribution in [1.82, 2.24) is 0 Å². The minimum absolute atomic E-state index is 0.992. The van der Waals surface area contributed by atoms with Crippen molar-refractivity contribution in [2.45, 2.75) is 38.5 Å². The minimum atomic E-state index is 0.992. The predicted octanol–water partition coefficient (Wildman–Crippen LogP) is 3.14. The van der Waals surface area contributed by atoms with Crippen LogP contribution in [0.4, 0.5) is 0 Å². The molecule has 0 spiro atoms. The summed E-state index contributed by atoms with van der Waals surface area (Å²) in [4.78, 5) is 0. The SMILES string of the molecule is C1=C2C3CCCC1CCC2C3. The zero-order valence-electron chi connectivity index (χ0n) is 7.05. The molecule has 3 aliphatic carbocycles. The summed E-state index contributed by atoms with van der Waals surface area (Å²) in [6.07, 6.45) is 11.7. The third kappa shape index (κ3) is 0.816. The van der Waals surface area contributed by atoms with Crippen molar-refractivity contribution in [3.05, 3.63) is 11.6 Å². The quantitative estimate of drug-likeness (QED) is 0.463. The van der Waals surface area contributed by atoms with Crippen molar-refractivity contribution in [2.24, 2.45) is 17.8 Å². The summed E-state index contributed by atoms with van der Waals surface area (Å²) in [5.74, 6) is 3.09. The van der Waals surface area contributed by atoms with E-state index in [1.165, 1.54) is 32.1 Å².